The summed E-state index contributed by atoms with van der Waals surface area (Å²) in [5.41, 5.74) is 4.92. The molecule has 84 valence electrons. The highest BCUT2D eigenvalue weighted by molar-refractivity contribution is 7.99. The molecule has 1 amide bonds. The molecule has 0 aromatic heterocycles. The first-order valence-corrected chi connectivity index (χ1v) is 5.34. The smallest absolute Gasteiger partial charge is 0.246 e. The minimum atomic E-state index is -1.02. The minimum absolute atomic E-state index is 0. The Kier molecular flexibility index (Phi) is 7.21. The van der Waals surface area contributed by atoms with E-state index in [1.54, 1.807) is 11.8 Å². The molecular weight excluding hydrogens is 234 g/mol. The highest BCUT2D eigenvalue weighted by atomic mass is 35.5. The van der Waals surface area contributed by atoms with E-state index >= 15 is 0 Å². The Morgan fingerprint density at radius 1 is 1.40 bits per heavy atom. The number of aliphatic hydroxyl groups excluding tert-OH is 1. The maximum absolute atomic E-state index is 10.5. The van der Waals surface area contributed by atoms with Crippen molar-refractivity contribution in [3.63, 3.8) is 0 Å². The first kappa shape index (κ1) is 14.3. The average molecular weight is 248 g/mol. The van der Waals surface area contributed by atoms with Gasteiger partial charge in [0.1, 0.15) is 6.10 Å². The van der Waals surface area contributed by atoms with Gasteiger partial charge in [-0.05, 0) is 18.6 Å². The van der Waals surface area contributed by atoms with Crippen molar-refractivity contribution in [1.29, 1.82) is 0 Å². The lowest BCUT2D eigenvalue weighted by Crippen LogP contribution is -2.28. The molecule has 3 nitrogen and oxygen atoms in total. The van der Waals surface area contributed by atoms with Gasteiger partial charge in [0.05, 0.1) is 0 Å². The maximum Gasteiger partial charge on any atom is 0.246 e. The predicted octanol–water partition coefficient (Wildman–Crippen LogP) is 1.44. The molecule has 1 rings (SSSR count). The van der Waals surface area contributed by atoms with Crippen molar-refractivity contribution in [2.24, 2.45) is 5.73 Å². The van der Waals surface area contributed by atoms with Gasteiger partial charge in [0, 0.05) is 10.6 Å². The van der Waals surface area contributed by atoms with Gasteiger partial charge in [-0.25, -0.2) is 0 Å². The number of carbonyl (C=O) groups is 1. The normalized spacial score (nSPS) is 11.5. The van der Waals surface area contributed by atoms with Crippen LogP contribution in [0.25, 0.3) is 0 Å². The van der Waals surface area contributed by atoms with E-state index < -0.39 is 12.0 Å². The molecule has 0 aliphatic heterocycles. The van der Waals surface area contributed by atoms with Gasteiger partial charge >= 0.3 is 0 Å². The Labute approximate surface area is 99.5 Å². The van der Waals surface area contributed by atoms with Crippen LogP contribution in [-0.2, 0) is 4.79 Å². The number of primary amides is 1. The number of aliphatic hydroxyl groups is 1. The van der Waals surface area contributed by atoms with Crippen molar-refractivity contribution in [1.82, 2.24) is 0 Å². The summed E-state index contributed by atoms with van der Waals surface area (Å²) in [5.74, 6) is 0.0346. The van der Waals surface area contributed by atoms with Gasteiger partial charge in [-0.15, -0.1) is 24.2 Å². The van der Waals surface area contributed by atoms with Gasteiger partial charge in [0.2, 0.25) is 5.91 Å². The number of benzene rings is 1. The molecule has 1 atom stereocenters. The van der Waals surface area contributed by atoms with E-state index in [1.807, 2.05) is 30.3 Å². The number of thioether (sulfide) groups is 1. The van der Waals surface area contributed by atoms with Crippen LogP contribution in [0, 0.1) is 0 Å². The summed E-state index contributed by atoms with van der Waals surface area (Å²) in [7, 11) is 0. The average Bonchev–Trinajstić information content (AvgIpc) is 2.19. The third-order valence-electron chi connectivity index (χ3n) is 1.73. The maximum atomic E-state index is 10.5. The molecule has 0 saturated heterocycles. The van der Waals surface area contributed by atoms with Crippen LogP contribution in [0.1, 0.15) is 6.42 Å². The number of hydrogen-bond donors (Lipinski definition) is 2. The van der Waals surface area contributed by atoms with Crippen LogP contribution in [0.4, 0.5) is 0 Å². The van der Waals surface area contributed by atoms with Crippen molar-refractivity contribution >= 4 is 30.1 Å². The van der Waals surface area contributed by atoms with Crippen molar-refractivity contribution in [2.75, 3.05) is 5.75 Å². The van der Waals surface area contributed by atoms with E-state index in [1.165, 1.54) is 0 Å². The van der Waals surface area contributed by atoms with Gasteiger partial charge in [0.15, 0.2) is 0 Å². The lowest BCUT2D eigenvalue weighted by Gasteiger charge is -2.05. The van der Waals surface area contributed by atoms with Gasteiger partial charge in [-0.3, -0.25) is 4.79 Å². The summed E-state index contributed by atoms with van der Waals surface area (Å²) in [6, 6.07) is 9.82. The Bertz CT molecular complexity index is 295. The predicted molar refractivity (Wildman–Crippen MR) is 64.2 cm³/mol. The van der Waals surface area contributed by atoms with Crippen LogP contribution >= 0.6 is 24.2 Å². The lowest BCUT2D eigenvalue weighted by molar-refractivity contribution is -0.126. The van der Waals surface area contributed by atoms with Crippen LogP contribution in [0.2, 0.25) is 0 Å². The summed E-state index contributed by atoms with van der Waals surface area (Å²) in [6.07, 6.45) is -0.624. The Morgan fingerprint density at radius 2 is 2.00 bits per heavy atom. The van der Waals surface area contributed by atoms with E-state index in [-0.39, 0.29) is 12.4 Å². The molecule has 5 heteroatoms. The summed E-state index contributed by atoms with van der Waals surface area (Å²) in [6.45, 7) is 0. The van der Waals surface area contributed by atoms with Gasteiger partial charge in [-0.2, -0.15) is 0 Å². The highest BCUT2D eigenvalue weighted by Crippen LogP contribution is 2.18. The fourth-order valence-electron chi connectivity index (χ4n) is 0.947. The molecule has 1 aromatic carbocycles. The molecule has 0 aliphatic carbocycles. The zero-order valence-corrected chi connectivity index (χ0v) is 9.76. The Balaban J connectivity index is 0.00000196. The number of halogens is 1. The molecule has 0 saturated carbocycles. The lowest BCUT2D eigenvalue weighted by atomic mass is 10.3. The molecule has 15 heavy (non-hydrogen) atoms. The van der Waals surface area contributed by atoms with Crippen LogP contribution in [0.15, 0.2) is 35.2 Å². The molecule has 1 aromatic rings. The monoisotopic (exact) mass is 247 g/mol. The van der Waals surface area contributed by atoms with Crippen molar-refractivity contribution < 1.29 is 9.90 Å². The summed E-state index contributed by atoms with van der Waals surface area (Å²) in [4.78, 5) is 11.6. The van der Waals surface area contributed by atoms with Crippen LogP contribution in [-0.4, -0.2) is 22.9 Å². The molecule has 0 fully saturated rings. The largest absolute Gasteiger partial charge is 0.383 e. The van der Waals surface area contributed by atoms with Gasteiger partial charge < -0.3 is 10.8 Å². The van der Waals surface area contributed by atoms with Crippen LogP contribution in [0.5, 0.6) is 0 Å². The van der Waals surface area contributed by atoms with E-state index in [2.05, 4.69) is 0 Å². The topological polar surface area (TPSA) is 63.3 Å². The molecule has 0 heterocycles. The number of amides is 1. The molecule has 3 N–H and O–H groups in total. The molecule has 1 unspecified atom stereocenters. The third-order valence-corrected chi connectivity index (χ3v) is 2.78. The number of carbonyl (C=O) groups excluding carboxylic acids is 1. The minimum Gasteiger partial charge on any atom is -0.383 e. The SMILES string of the molecule is Cl.NC(=O)C(O)CCSc1ccccc1. The van der Waals surface area contributed by atoms with E-state index in [9.17, 15) is 4.79 Å². The van der Waals surface area contributed by atoms with E-state index in [4.69, 9.17) is 10.8 Å². The number of rotatable bonds is 5. The standard InChI is InChI=1S/C10H13NO2S.ClH/c11-10(13)9(12)6-7-14-8-4-2-1-3-5-8;/h1-5,9,12H,6-7H2,(H2,11,13);1H. The Morgan fingerprint density at radius 3 is 2.53 bits per heavy atom. The highest BCUT2D eigenvalue weighted by Gasteiger charge is 2.09. The molecule has 0 aliphatic rings. The molecular formula is C10H14ClNO2S. The van der Waals surface area contributed by atoms with E-state index in [0.29, 0.717) is 12.2 Å². The first-order chi connectivity index (χ1) is 6.70. The first-order valence-electron chi connectivity index (χ1n) is 4.35. The third kappa shape index (κ3) is 5.67. The van der Waals surface area contributed by atoms with Crippen molar-refractivity contribution in [2.45, 2.75) is 17.4 Å². The number of nitrogens with two attached hydrogens (primary N) is 1. The summed E-state index contributed by atoms with van der Waals surface area (Å²) >= 11 is 1.60. The zero-order valence-electron chi connectivity index (χ0n) is 8.13. The summed E-state index contributed by atoms with van der Waals surface area (Å²) < 4.78 is 0. The van der Waals surface area contributed by atoms with Crippen LogP contribution < -0.4 is 5.73 Å². The quantitative estimate of drug-likeness (QED) is 0.774. The second-order valence-electron chi connectivity index (χ2n) is 2.87. The van der Waals surface area contributed by atoms with Gasteiger partial charge in [-0.1, -0.05) is 18.2 Å². The molecule has 0 spiro atoms. The van der Waals surface area contributed by atoms with Gasteiger partial charge in [0.25, 0.3) is 0 Å². The number of hydrogen-bond acceptors (Lipinski definition) is 3. The zero-order chi connectivity index (χ0) is 10.4. The van der Waals surface area contributed by atoms with Crippen LogP contribution in [0.3, 0.4) is 0 Å². The van der Waals surface area contributed by atoms with Crippen molar-refractivity contribution in [3.8, 4) is 0 Å². The Hall–Kier alpha value is -0.710. The second-order valence-corrected chi connectivity index (χ2v) is 4.04. The summed E-state index contributed by atoms with van der Waals surface area (Å²) in [5, 5.41) is 9.12. The fourth-order valence-corrected chi connectivity index (χ4v) is 1.87. The molecule has 0 radical (unpaired) electrons. The van der Waals surface area contributed by atoms with Crippen molar-refractivity contribution in [3.05, 3.63) is 30.3 Å². The fraction of sp³-hybridized carbons (Fsp3) is 0.300. The molecule has 0 bridgehead atoms. The second kappa shape index (κ2) is 7.56. The van der Waals surface area contributed by atoms with E-state index in [0.717, 1.165) is 4.90 Å².